The van der Waals surface area contributed by atoms with Gasteiger partial charge in [0.05, 0.1) is 7.11 Å². The molecular weight excluding hydrogens is 312 g/mol. The van der Waals surface area contributed by atoms with Gasteiger partial charge in [-0.3, -0.25) is 4.79 Å². The number of nitrogens with one attached hydrogen (secondary N) is 2. The van der Waals surface area contributed by atoms with Crippen LogP contribution < -0.4 is 15.4 Å². The van der Waals surface area contributed by atoms with Crippen LogP contribution in [0.25, 0.3) is 0 Å². The van der Waals surface area contributed by atoms with E-state index < -0.39 is 0 Å². The molecule has 3 rings (SSSR count). The summed E-state index contributed by atoms with van der Waals surface area (Å²) < 4.78 is 5.16. The summed E-state index contributed by atoms with van der Waals surface area (Å²) in [6.45, 7) is 2.47. The minimum atomic E-state index is -0.0590. The lowest BCUT2D eigenvalue weighted by Gasteiger charge is -2.37. The summed E-state index contributed by atoms with van der Waals surface area (Å²) in [4.78, 5) is 12.6. The molecule has 0 spiro atoms. The summed E-state index contributed by atoms with van der Waals surface area (Å²) in [5.41, 5.74) is 2.29. The van der Waals surface area contributed by atoms with Crippen molar-refractivity contribution < 1.29 is 9.53 Å². The van der Waals surface area contributed by atoms with E-state index in [-0.39, 0.29) is 11.3 Å². The predicted octanol–water partition coefficient (Wildman–Crippen LogP) is 3.02. The lowest BCUT2D eigenvalue weighted by Crippen LogP contribution is -2.43. The number of methoxy groups -OCH3 is 1. The standard InChI is InChI=1S/C21H26N2O2/c1-25-19-9-7-17(8-10-19)16-23-20(24)15-21(11-13-22-14-12-21)18-5-3-2-4-6-18/h2-10,22H,11-16H2,1H3,(H,23,24). The Bertz CT molecular complexity index is 677. The van der Waals surface area contributed by atoms with E-state index in [0.29, 0.717) is 13.0 Å². The number of hydrogen-bond acceptors (Lipinski definition) is 3. The first-order chi connectivity index (χ1) is 12.2. The van der Waals surface area contributed by atoms with E-state index >= 15 is 0 Å². The molecule has 1 fully saturated rings. The number of ether oxygens (including phenoxy) is 1. The van der Waals surface area contributed by atoms with Gasteiger partial charge in [-0.15, -0.1) is 0 Å². The number of carbonyl (C=O) groups is 1. The third kappa shape index (κ3) is 4.40. The molecule has 1 heterocycles. The average Bonchev–Trinajstić information content (AvgIpc) is 2.68. The first kappa shape index (κ1) is 17.5. The van der Waals surface area contributed by atoms with Crippen LogP contribution >= 0.6 is 0 Å². The second-order valence-corrected chi connectivity index (χ2v) is 6.70. The molecule has 25 heavy (non-hydrogen) atoms. The molecule has 4 nitrogen and oxygen atoms in total. The maximum Gasteiger partial charge on any atom is 0.221 e. The Balaban J connectivity index is 1.64. The van der Waals surface area contributed by atoms with Gasteiger partial charge in [-0.1, -0.05) is 42.5 Å². The molecule has 0 radical (unpaired) electrons. The Kier molecular flexibility index (Phi) is 5.71. The molecule has 0 unspecified atom stereocenters. The predicted molar refractivity (Wildman–Crippen MR) is 99.7 cm³/mol. The average molecular weight is 338 g/mol. The van der Waals surface area contributed by atoms with Crippen LogP contribution in [-0.4, -0.2) is 26.1 Å². The Hall–Kier alpha value is -2.33. The van der Waals surface area contributed by atoms with Crippen LogP contribution in [0.1, 0.15) is 30.4 Å². The molecule has 1 aliphatic rings. The molecule has 1 saturated heterocycles. The van der Waals surface area contributed by atoms with E-state index in [9.17, 15) is 4.79 Å². The molecule has 0 aromatic heterocycles. The molecule has 0 atom stereocenters. The molecule has 0 aliphatic carbocycles. The smallest absolute Gasteiger partial charge is 0.221 e. The molecule has 2 aromatic carbocycles. The second-order valence-electron chi connectivity index (χ2n) is 6.70. The molecule has 132 valence electrons. The fourth-order valence-electron chi connectivity index (χ4n) is 3.58. The molecule has 2 N–H and O–H groups in total. The van der Waals surface area contributed by atoms with E-state index in [1.165, 1.54) is 5.56 Å². The molecule has 0 bridgehead atoms. The van der Waals surface area contributed by atoms with Gasteiger partial charge in [0.2, 0.25) is 5.91 Å². The highest BCUT2D eigenvalue weighted by atomic mass is 16.5. The van der Waals surface area contributed by atoms with Crippen LogP contribution in [0.4, 0.5) is 0 Å². The normalized spacial score (nSPS) is 16.2. The van der Waals surface area contributed by atoms with Crippen LogP contribution in [0.15, 0.2) is 54.6 Å². The number of amides is 1. The Morgan fingerprint density at radius 1 is 1.08 bits per heavy atom. The highest BCUT2D eigenvalue weighted by Crippen LogP contribution is 2.36. The van der Waals surface area contributed by atoms with E-state index in [1.807, 2.05) is 30.3 Å². The van der Waals surface area contributed by atoms with E-state index in [4.69, 9.17) is 4.74 Å². The second kappa shape index (κ2) is 8.17. The van der Waals surface area contributed by atoms with E-state index in [1.54, 1.807) is 7.11 Å². The number of rotatable bonds is 6. The first-order valence-corrected chi connectivity index (χ1v) is 8.88. The van der Waals surface area contributed by atoms with Crippen LogP contribution in [-0.2, 0) is 16.8 Å². The molecule has 4 heteroatoms. The summed E-state index contributed by atoms with van der Waals surface area (Å²) in [7, 11) is 1.65. The molecular formula is C21H26N2O2. The van der Waals surface area contributed by atoms with Gasteiger partial charge in [-0.05, 0) is 49.2 Å². The van der Waals surface area contributed by atoms with Gasteiger partial charge >= 0.3 is 0 Å². The number of hydrogen-bond donors (Lipinski definition) is 2. The van der Waals surface area contributed by atoms with Crippen molar-refractivity contribution in [1.82, 2.24) is 10.6 Å². The van der Waals surface area contributed by atoms with Crippen LogP contribution in [0.5, 0.6) is 5.75 Å². The highest BCUT2D eigenvalue weighted by Gasteiger charge is 2.35. The maximum atomic E-state index is 12.6. The lowest BCUT2D eigenvalue weighted by molar-refractivity contribution is -0.122. The Morgan fingerprint density at radius 2 is 1.76 bits per heavy atom. The van der Waals surface area contributed by atoms with Crippen molar-refractivity contribution in [2.75, 3.05) is 20.2 Å². The fraction of sp³-hybridized carbons (Fsp3) is 0.381. The molecule has 2 aromatic rings. The summed E-state index contributed by atoms with van der Waals surface area (Å²) in [6.07, 6.45) is 2.52. The minimum absolute atomic E-state index is 0.0590. The molecule has 0 saturated carbocycles. The monoisotopic (exact) mass is 338 g/mol. The van der Waals surface area contributed by atoms with Gasteiger partial charge in [0.15, 0.2) is 0 Å². The third-order valence-corrected chi connectivity index (χ3v) is 5.09. The quantitative estimate of drug-likeness (QED) is 0.851. The van der Waals surface area contributed by atoms with Gasteiger partial charge in [-0.2, -0.15) is 0 Å². The number of carbonyl (C=O) groups excluding carboxylic acids is 1. The highest BCUT2D eigenvalue weighted by molar-refractivity contribution is 5.77. The van der Waals surface area contributed by atoms with Crippen molar-refractivity contribution in [1.29, 1.82) is 0 Å². The summed E-state index contributed by atoms with van der Waals surface area (Å²) in [5, 5.41) is 6.49. The van der Waals surface area contributed by atoms with Gasteiger partial charge in [0.25, 0.3) is 0 Å². The van der Waals surface area contributed by atoms with E-state index in [2.05, 4.69) is 34.9 Å². The molecule has 1 amide bonds. The summed E-state index contributed by atoms with van der Waals surface area (Å²) in [5.74, 6) is 0.939. The summed E-state index contributed by atoms with van der Waals surface area (Å²) in [6, 6.07) is 18.3. The topological polar surface area (TPSA) is 50.4 Å². The fourth-order valence-corrected chi connectivity index (χ4v) is 3.58. The van der Waals surface area contributed by atoms with Crippen molar-refractivity contribution in [2.45, 2.75) is 31.2 Å². The van der Waals surface area contributed by atoms with Crippen molar-refractivity contribution in [2.24, 2.45) is 0 Å². The molecule has 1 aliphatic heterocycles. The van der Waals surface area contributed by atoms with Crippen LogP contribution in [0, 0.1) is 0 Å². The Morgan fingerprint density at radius 3 is 2.40 bits per heavy atom. The van der Waals surface area contributed by atoms with Gasteiger partial charge < -0.3 is 15.4 Å². The van der Waals surface area contributed by atoms with Gasteiger partial charge in [0.1, 0.15) is 5.75 Å². The number of benzene rings is 2. The van der Waals surface area contributed by atoms with Crippen LogP contribution in [0.2, 0.25) is 0 Å². The van der Waals surface area contributed by atoms with Crippen molar-refractivity contribution in [3.63, 3.8) is 0 Å². The first-order valence-electron chi connectivity index (χ1n) is 8.88. The van der Waals surface area contributed by atoms with Crippen LogP contribution in [0.3, 0.4) is 0 Å². The maximum absolute atomic E-state index is 12.6. The summed E-state index contributed by atoms with van der Waals surface area (Å²) >= 11 is 0. The third-order valence-electron chi connectivity index (χ3n) is 5.09. The van der Waals surface area contributed by atoms with Crippen molar-refractivity contribution >= 4 is 5.91 Å². The number of piperidine rings is 1. The zero-order chi connectivity index (χ0) is 17.5. The zero-order valence-corrected chi connectivity index (χ0v) is 14.8. The lowest BCUT2D eigenvalue weighted by atomic mass is 9.70. The van der Waals surface area contributed by atoms with Crippen molar-refractivity contribution in [3.8, 4) is 5.75 Å². The van der Waals surface area contributed by atoms with E-state index in [0.717, 1.165) is 37.2 Å². The Labute approximate surface area is 149 Å². The minimum Gasteiger partial charge on any atom is -0.497 e. The SMILES string of the molecule is COc1ccc(CNC(=O)CC2(c3ccccc3)CCNCC2)cc1. The van der Waals surface area contributed by atoms with Gasteiger partial charge in [0, 0.05) is 18.4 Å². The largest absolute Gasteiger partial charge is 0.497 e. The van der Waals surface area contributed by atoms with Gasteiger partial charge in [-0.25, -0.2) is 0 Å². The zero-order valence-electron chi connectivity index (χ0n) is 14.8. The van der Waals surface area contributed by atoms with Crippen molar-refractivity contribution in [3.05, 3.63) is 65.7 Å².